The Balaban J connectivity index is 1.60. The molecule has 3 rings (SSSR count). The molecule has 0 aromatic heterocycles. The van der Waals surface area contributed by atoms with Gasteiger partial charge >= 0.3 is 0 Å². The van der Waals surface area contributed by atoms with Crippen LogP contribution in [0, 0.1) is 11.3 Å². The number of fused-ring (bicyclic) bond motifs is 1. The molecule has 0 bridgehead atoms. The van der Waals surface area contributed by atoms with E-state index in [9.17, 15) is 0 Å². The van der Waals surface area contributed by atoms with E-state index in [1.807, 2.05) is 0 Å². The molecule has 0 amide bonds. The Hall–Kier alpha value is -1.02. The Morgan fingerprint density at radius 3 is 2.94 bits per heavy atom. The quantitative estimate of drug-likeness (QED) is 0.878. The first-order chi connectivity index (χ1) is 8.56. The van der Waals surface area contributed by atoms with Crippen molar-refractivity contribution in [1.29, 1.82) is 0 Å². The van der Waals surface area contributed by atoms with E-state index in [1.165, 1.54) is 17.5 Å². The second-order valence-corrected chi connectivity index (χ2v) is 6.49. The minimum atomic E-state index is 0.437. The molecule has 1 fully saturated rings. The van der Waals surface area contributed by atoms with Crippen molar-refractivity contribution < 1.29 is 4.74 Å². The average Bonchev–Trinajstić information content (AvgIpc) is 2.77. The van der Waals surface area contributed by atoms with Crippen molar-refractivity contribution in [3.8, 4) is 5.75 Å². The number of hydrogen-bond donors (Lipinski definition) is 1. The second kappa shape index (κ2) is 4.27. The Bertz CT molecular complexity index is 452. The lowest BCUT2D eigenvalue weighted by Crippen LogP contribution is -2.22. The number of hydrogen-bond acceptors (Lipinski definition) is 2. The standard InChI is InChI=1S/C16H23NO/c1-11(17-10-14-9-16(14,2)3)12-4-5-15-13(8-12)6-7-18-15/h4-5,8,11,14,17H,6-7,9-10H2,1-3H3. The molecule has 1 aliphatic carbocycles. The summed E-state index contributed by atoms with van der Waals surface area (Å²) < 4.78 is 5.55. The highest BCUT2D eigenvalue weighted by Gasteiger charge is 2.44. The van der Waals surface area contributed by atoms with Gasteiger partial charge in [0.25, 0.3) is 0 Å². The fourth-order valence-corrected chi connectivity index (χ4v) is 2.84. The van der Waals surface area contributed by atoms with Gasteiger partial charge in [0.2, 0.25) is 0 Å². The van der Waals surface area contributed by atoms with Crippen molar-refractivity contribution in [2.75, 3.05) is 13.2 Å². The molecule has 0 spiro atoms. The van der Waals surface area contributed by atoms with Gasteiger partial charge in [-0.25, -0.2) is 0 Å². The number of ether oxygens (including phenoxy) is 1. The summed E-state index contributed by atoms with van der Waals surface area (Å²) in [5.41, 5.74) is 3.32. The van der Waals surface area contributed by atoms with Crippen LogP contribution < -0.4 is 10.1 Å². The summed E-state index contributed by atoms with van der Waals surface area (Å²) in [7, 11) is 0. The molecule has 2 aliphatic rings. The van der Waals surface area contributed by atoms with E-state index in [1.54, 1.807) is 0 Å². The molecule has 18 heavy (non-hydrogen) atoms. The first-order valence-electron chi connectivity index (χ1n) is 7.05. The minimum absolute atomic E-state index is 0.437. The lowest BCUT2D eigenvalue weighted by molar-refractivity contribution is 0.356. The smallest absolute Gasteiger partial charge is 0.122 e. The van der Waals surface area contributed by atoms with E-state index in [0.29, 0.717) is 11.5 Å². The predicted molar refractivity (Wildman–Crippen MR) is 73.9 cm³/mol. The van der Waals surface area contributed by atoms with Crippen LogP contribution in [0.25, 0.3) is 0 Å². The van der Waals surface area contributed by atoms with E-state index >= 15 is 0 Å². The average molecular weight is 245 g/mol. The highest BCUT2D eigenvalue weighted by Crippen LogP contribution is 2.51. The maximum Gasteiger partial charge on any atom is 0.122 e. The summed E-state index contributed by atoms with van der Waals surface area (Å²) in [6.07, 6.45) is 2.43. The van der Waals surface area contributed by atoms with Gasteiger partial charge in [-0.15, -0.1) is 0 Å². The van der Waals surface area contributed by atoms with E-state index < -0.39 is 0 Å². The first-order valence-corrected chi connectivity index (χ1v) is 7.05. The Kier molecular flexibility index (Phi) is 2.86. The summed E-state index contributed by atoms with van der Waals surface area (Å²) in [6.45, 7) is 8.96. The second-order valence-electron chi connectivity index (χ2n) is 6.49. The van der Waals surface area contributed by atoms with E-state index in [-0.39, 0.29) is 0 Å². The van der Waals surface area contributed by atoms with Gasteiger partial charge in [0.1, 0.15) is 5.75 Å². The molecular weight excluding hydrogens is 222 g/mol. The van der Waals surface area contributed by atoms with Gasteiger partial charge in [-0.05, 0) is 48.4 Å². The molecule has 1 heterocycles. The first kappa shape index (κ1) is 12.0. The third-order valence-corrected chi connectivity index (χ3v) is 4.60. The van der Waals surface area contributed by atoms with Crippen molar-refractivity contribution in [1.82, 2.24) is 5.32 Å². The highest BCUT2D eigenvalue weighted by atomic mass is 16.5. The zero-order valence-corrected chi connectivity index (χ0v) is 11.6. The Morgan fingerprint density at radius 2 is 2.22 bits per heavy atom. The molecule has 1 aromatic rings. The van der Waals surface area contributed by atoms with Crippen LogP contribution in [0.5, 0.6) is 5.75 Å². The Morgan fingerprint density at radius 1 is 1.44 bits per heavy atom. The third kappa shape index (κ3) is 2.26. The van der Waals surface area contributed by atoms with Crippen molar-refractivity contribution in [3.63, 3.8) is 0 Å². The van der Waals surface area contributed by atoms with Gasteiger partial charge in [-0.3, -0.25) is 0 Å². The van der Waals surface area contributed by atoms with E-state index in [4.69, 9.17) is 4.74 Å². The molecule has 0 radical (unpaired) electrons. The van der Waals surface area contributed by atoms with Crippen molar-refractivity contribution in [2.45, 2.75) is 39.7 Å². The maximum absolute atomic E-state index is 5.55. The van der Waals surface area contributed by atoms with Crippen LogP contribution in [-0.4, -0.2) is 13.2 Å². The Labute approximate surface area is 110 Å². The van der Waals surface area contributed by atoms with Gasteiger partial charge in [0.05, 0.1) is 6.61 Å². The lowest BCUT2D eigenvalue weighted by atomic mass is 10.0. The third-order valence-electron chi connectivity index (χ3n) is 4.60. The van der Waals surface area contributed by atoms with E-state index in [0.717, 1.165) is 31.2 Å². The molecule has 1 N–H and O–H groups in total. The van der Waals surface area contributed by atoms with Crippen LogP contribution in [0.2, 0.25) is 0 Å². The topological polar surface area (TPSA) is 21.3 Å². The lowest BCUT2D eigenvalue weighted by Gasteiger charge is -2.15. The summed E-state index contributed by atoms with van der Waals surface area (Å²) in [4.78, 5) is 0. The fraction of sp³-hybridized carbons (Fsp3) is 0.625. The zero-order chi connectivity index (χ0) is 12.8. The summed E-state index contributed by atoms with van der Waals surface area (Å²) in [5, 5.41) is 3.67. The zero-order valence-electron chi connectivity index (χ0n) is 11.6. The molecule has 2 heteroatoms. The van der Waals surface area contributed by atoms with Gasteiger partial charge in [0.15, 0.2) is 0 Å². The van der Waals surface area contributed by atoms with Crippen LogP contribution in [0.4, 0.5) is 0 Å². The van der Waals surface area contributed by atoms with Crippen molar-refractivity contribution in [2.24, 2.45) is 11.3 Å². The molecule has 1 aliphatic heterocycles. The van der Waals surface area contributed by atoms with Gasteiger partial charge in [0, 0.05) is 12.5 Å². The van der Waals surface area contributed by atoms with Gasteiger partial charge in [-0.2, -0.15) is 0 Å². The predicted octanol–water partition coefficient (Wildman–Crippen LogP) is 3.32. The number of benzene rings is 1. The molecule has 0 saturated heterocycles. The van der Waals surface area contributed by atoms with Crippen molar-refractivity contribution in [3.05, 3.63) is 29.3 Å². The molecule has 2 atom stereocenters. The largest absolute Gasteiger partial charge is 0.493 e. The van der Waals surface area contributed by atoms with Gasteiger partial charge < -0.3 is 10.1 Å². The molecule has 1 aromatic carbocycles. The fourth-order valence-electron chi connectivity index (χ4n) is 2.84. The van der Waals surface area contributed by atoms with E-state index in [2.05, 4.69) is 44.3 Å². The maximum atomic E-state index is 5.55. The minimum Gasteiger partial charge on any atom is -0.493 e. The van der Waals surface area contributed by atoms with Crippen LogP contribution in [0.3, 0.4) is 0 Å². The summed E-state index contributed by atoms with van der Waals surface area (Å²) >= 11 is 0. The SMILES string of the molecule is CC(NCC1CC1(C)C)c1ccc2c(c1)CCO2. The van der Waals surface area contributed by atoms with Crippen LogP contribution in [0.15, 0.2) is 18.2 Å². The summed E-state index contributed by atoms with van der Waals surface area (Å²) in [6, 6.07) is 7.06. The molecule has 98 valence electrons. The van der Waals surface area contributed by atoms with Crippen LogP contribution in [0.1, 0.15) is 44.4 Å². The number of nitrogens with one attached hydrogen (secondary N) is 1. The number of rotatable bonds is 4. The summed E-state index contributed by atoms with van der Waals surface area (Å²) in [5.74, 6) is 1.94. The van der Waals surface area contributed by atoms with Crippen LogP contribution >= 0.6 is 0 Å². The van der Waals surface area contributed by atoms with Gasteiger partial charge in [-0.1, -0.05) is 26.0 Å². The molecule has 2 nitrogen and oxygen atoms in total. The van der Waals surface area contributed by atoms with Crippen molar-refractivity contribution >= 4 is 0 Å². The van der Waals surface area contributed by atoms with Crippen LogP contribution in [-0.2, 0) is 6.42 Å². The highest BCUT2D eigenvalue weighted by molar-refractivity contribution is 5.40. The molecular formula is C16H23NO. The molecule has 2 unspecified atom stereocenters. The molecule has 1 saturated carbocycles. The monoisotopic (exact) mass is 245 g/mol. The normalized spacial score (nSPS) is 25.4.